The molecule has 234 valence electrons. The van der Waals surface area contributed by atoms with Gasteiger partial charge in [0.25, 0.3) is 0 Å². The van der Waals surface area contributed by atoms with Crippen LogP contribution in [0.3, 0.4) is 0 Å². The van der Waals surface area contributed by atoms with Gasteiger partial charge in [-0.15, -0.1) is 0 Å². The Morgan fingerprint density at radius 3 is 2.45 bits per heavy atom. The van der Waals surface area contributed by atoms with E-state index in [0.717, 1.165) is 66.7 Å². The molecule has 1 aliphatic carbocycles. The van der Waals surface area contributed by atoms with Gasteiger partial charge < -0.3 is 19.7 Å². The molecule has 3 aromatic rings. The lowest BCUT2D eigenvalue weighted by molar-refractivity contribution is -0.145. The van der Waals surface area contributed by atoms with Crippen molar-refractivity contribution in [2.24, 2.45) is 5.92 Å². The second-order valence-electron chi connectivity index (χ2n) is 12.6. The molecule has 0 spiro atoms. The monoisotopic (exact) mass is 598 g/mol. The van der Waals surface area contributed by atoms with Gasteiger partial charge in [0.15, 0.2) is 0 Å². The minimum absolute atomic E-state index is 0.0951. The van der Waals surface area contributed by atoms with Crippen LogP contribution < -0.4 is 14.8 Å². The standard InChI is InChI=1S/C36H46N4O4/c1-3-37-35(41)32-22-28(24-40(32)36(42)34(26-15-9-5-10-16-26)39-19-11-6-12-20-39)44-33-23-30(25-13-7-4-8-14-25)38-31-21-27(43-2)17-18-29(31)33/h4,7-8,13-14,17-18,21,23,26,28,32,34H,3,5-6,9-12,15-16,19-20,22,24H2,1-2H3,(H,37,41)/t28-,32+,34+/m1/s1. The summed E-state index contributed by atoms with van der Waals surface area (Å²) in [5.41, 5.74) is 2.56. The first kappa shape index (κ1) is 30.4. The number of hydrogen-bond donors (Lipinski definition) is 1. The van der Waals surface area contributed by atoms with Crippen LogP contribution in [-0.2, 0) is 9.59 Å². The van der Waals surface area contributed by atoms with E-state index in [2.05, 4.69) is 10.2 Å². The van der Waals surface area contributed by atoms with Crippen molar-refractivity contribution in [1.29, 1.82) is 0 Å². The van der Waals surface area contributed by atoms with Crippen LogP contribution in [-0.4, -0.2) is 78.1 Å². The smallest absolute Gasteiger partial charge is 0.242 e. The number of carbonyl (C=O) groups is 2. The van der Waals surface area contributed by atoms with Gasteiger partial charge in [0.2, 0.25) is 11.8 Å². The molecule has 3 fully saturated rings. The lowest BCUT2D eigenvalue weighted by Gasteiger charge is -2.42. The molecular weight excluding hydrogens is 552 g/mol. The Kier molecular flexibility index (Phi) is 9.65. The second-order valence-corrected chi connectivity index (χ2v) is 12.6. The van der Waals surface area contributed by atoms with Gasteiger partial charge in [-0.3, -0.25) is 14.5 Å². The third-order valence-electron chi connectivity index (χ3n) is 9.68. The van der Waals surface area contributed by atoms with E-state index in [4.69, 9.17) is 14.5 Å². The van der Waals surface area contributed by atoms with Gasteiger partial charge in [0, 0.05) is 36.0 Å². The summed E-state index contributed by atoms with van der Waals surface area (Å²) in [6.45, 7) is 4.76. The van der Waals surface area contributed by atoms with Crippen molar-refractivity contribution in [2.75, 3.05) is 33.3 Å². The van der Waals surface area contributed by atoms with E-state index in [1.807, 2.05) is 66.4 Å². The molecule has 1 saturated carbocycles. The van der Waals surface area contributed by atoms with Gasteiger partial charge in [0.05, 0.1) is 30.9 Å². The van der Waals surface area contributed by atoms with Crippen molar-refractivity contribution in [1.82, 2.24) is 20.1 Å². The van der Waals surface area contributed by atoms with Crippen molar-refractivity contribution in [3.63, 3.8) is 0 Å². The molecule has 1 N–H and O–H groups in total. The molecule has 8 nitrogen and oxygen atoms in total. The normalized spacial score (nSPS) is 22.1. The highest BCUT2D eigenvalue weighted by molar-refractivity contribution is 5.91. The molecule has 1 aromatic heterocycles. The van der Waals surface area contributed by atoms with Crippen LogP contribution in [0.25, 0.3) is 22.2 Å². The van der Waals surface area contributed by atoms with E-state index in [0.29, 0.717) is 31.2 Å². The zero-order valence-corrected chi connectivity index (χ0v) is 26.2. The first-order valence-corrected chi connectivity index (χ1v) is 16.6. The van der Waals surface area contributed by atoms with Gasteiger partial charge in [-0.25, -0.2) is 4.98 Å². The average molecular weight is 599 g/mol. The molecule has 2 aliphatic heterocycles. The van der Waals surface area contributed by atoms with Crippen molar-refractivity contribution in [2.45, 2.75) is 82.9 Å². The number of rotatable bonds is 9. The Hall–Kier alpha value is -3.65. The molecule has 3 heterocycles. The molecule has 3 aliphatic rings. The fraction of sp³-hybridized carbons (Fsp3) is 0.528. The van der Waals surface area contributed by atoms with Crippen molar-refractivity contribution in [3.8, 4) is 22.8 Å². The number of aromatic nitrogens is 1. The summed E-state index contributed by atoms with van der Waals surface area (Å²) in [6.07, 6.45) is 9.38. The summed E-state index contributed by atoms with van der Waals surface area (Å²) in [4.78, 5) is 37.3. The third kappa shape index (κ3) is 6.55. The van der Waals surface area contributed by atoms with Gasteiger partial charge >= 0.3 is 0 Å². The molecule has 3 atom stereocenters. The Bertz CT molecular complexity index is 1420. The first-order chi connectivity index (χ1) is 21.6. The molecular formula is C36H46N4O4. The highest BCUT2D eigenvalue weighted by Crippen LogP contribution is 2.36. The number of piperidine rings is 1. The molecule has 8 heteroatoms. The molecule has 6 rings (SSSR count). The number of ether oxygens (including phenoxy) is 2. The van der Waals surface area contributed by atoms with Crippen molar-refractivity contribution < 1.29 is 19.1 Å². The van der Waals surface area contributed by atoms with E-state index in [1.54, 1.807) is 7.11 Å². The number of carbonyl (C=O) groups excluding carboxylic acids is 2. The van der Waals surface area contributed by atoms with Gasteiger partial charge in [-0.05, 0) is 63.7 Å². The van der Waals surface area contributed by atoms with Gasteiger partial charge in [0.1, 0.15) is 23.6 Å². The summed E-state index contributed by atoms with van der Waals surface area (Å²) in [7, 11) is 1.65. The fourth-order valence-electron chi connectivity index (χ4n) is 7.48. The van der Waals surface area contributed by atoms with Gasteiger partial charge in [-0.1, -0.05) is 56.0 Å². The predicted octanol–water partition coefficient (Wildman–Crippen LogP) is 5.83. The lowest BCUT2D eigenvalue weighted by atomic mass is 9.82. The number of likely N-dealkylation sites (tertiary alicyclic amines) is 2. The number of methoxy groups -OCH3 is 1. The summed E-state index contributed by atoms with van der Waals surface area (Å²) >= 11 is 0. The number of hydrogen-bond acceptors (Lipinski definition) is 6. The second kappa shape index (κ2) is 14.0. The predicted molar refractivity (Wildman–Crippen MR) is 173 cm³/mol. The highest BCUT2D eigenvalue weighted by Gasteiger charge is 2.46. The maximum atomic E-state index is 14.6. The third-order valence-corrected chi connectivity index (χ3v) is 9.68. The fourth-order valence-corrected chi connectivity index (χ4v) is 7.48. The Labute approximate surface area is 261 Å². The summed E-state index contributed by atoms with van der Waals surface area (Å²) in [5.74, 6) is 1.78. The minimum Gasteiger partial charge on any atom is -0.497 e. The van der Waals surface area contributed by atoms with Crippen LogP contribution in [0.1, 0.15) is 64.7 Å². The van der Waals surface area contributed by atoms with E-state index in [9.17, 15) is 9.59 Å². The number of nitrogens with zero attached hydrogens (tertiary/aromatic N) is 3. The maximum Gasteiger partial charge on any atom is 0.242 e. The minimum atomic E-state index is -0.551. The topological polar surface area (TPSA) is 84.0 Å². The SMILES string of the molecule is CCNC(=O)[C@@H]1C[C@@H](Oc2cc(-c3ccccc3)nc3cc(OC)ccc23)CN1C(=O)[C@H](C1CCCCC1)N1CCCCC1. The van der Waals surface area contributed by atoms with Crippen molar-refractivity contribution >= 4 is 22.7 Å². The van der Waals surface area contributed by atoms with Crippen molar-refractivity contribution in [3.05, 3.63) is 54.6 Å². The quantitative estimate of drug-likeness (QED) is 0.334. The number of amides is 2. The average Bonchev–Trinajstić information content (AvgIpc) is 3.50. The number of pyridine rings is 1. The van der Waals surface area contributed by atoms with Crippen LogP contribution in [0.5, 0.6) is 11.5 Å². The van der Waals surface area contributed by atoms with Gasteiger partial charge in [-0.2, -0.15) is 0 Å². The number of fused-ring (bicyclic) bond motifs is 1. The summed E-state index contributed by atoms with van der Waals surface area (Å²) in [5, 5.41) is 3.88. The van der Waals surface area contributed by atoms with E-state index in [1.165, 1.54) is 25.7 Å². The Balaban J connectivity index is 1.32. The van der Waals surface area contributed by atoms with E-state index in [-0.39, 0.29) is 24.0 Å². The molecule has 0 unspecified atom stereocenters. The highest BCUT2D eigenvalue weighted by atomic mass is 16.5. The van der Waals surface area contributed by atoms with Crippen LogP contribution in [0, 0.1) is 5.92 Å². The van der Waals surface area contributed by atoms with E-state index >= 15 is 0 Å². The maximum absolute atomic E-state index is 14.6. The molecule has 44 heavy (non-hydrogen) atoms. The molecule has 0 radical (unpaired) electrons. The number of nitrogens with one attached hydrogen (secondary N) is 1. The summed E-state index contributed by atoms with van der Waals surface area (Å²) < 4.78 is 12.3. The van der Waals surface area contributed by atoms with E-state index < -0.39 is 6.04 Å². The lowest BCUT2D eigenvalue weighted by Crippen LogP contribution is -2.57. The number of benzene rings is 2. The Morgan fingerprint density at radius 2 is 1.73 bits per heavy atom. The summed E-state index contributed by atoms with van der Waals surface area (Å²) in [6, 6.07) is 17.1. The molecule has 2 saturated heterocycles. The zero-order chi connectivity index (χ0) is 30.5. The zero-order valence-electron chi connectivity index (χ0n) is 26.2. The number of likely N-dealkylation sites (N-methyl/N-ethyl adjacent to an activating group) is 1. The molecule has 0 bridgehead atoms. The van der Waals surface area contributed by atoms with Crippen LogP contribution in [0.4, 0.5) is 0 Å². The molecule has 2 amide bonds. The molecule has 2 aromatic carbocycles. The van der Waals surface area contributed by atoms with Crippen LogP contribution in [0.2, 0.25) is 0 Å². The van der Waals surface area contributed by atoms with Crippen LogP contribution >= 0.6 is 0 Å². The van der Waals surface area contributed by atoms with Crippen LogP contribution in [0.15, 0.2) is 54.6 Å². The Morgan fingerprint density at radius 1 is 0.977 bits per heavy atom. The first-order valence-electron chi connectivity index (χ1n) is 16.6. The largest absolute Gasteiger partial charge is 0.497 e.